The topological polar surface area (TPSA) is 85.0 Å². The van der Waals surface area contributed by atoms with Crippen molar-refractivity contribution in [2.45, 2.75) is 52.6 Å². The molecule has 7 heteroatoms. The van der Waals surface area contributed by atoms with Gasteiger partial charge in [-0.3, -0.25) is 0 Å². The summed E-state index contributed by atoms with van der Waals surface area (Å²) in [7, 11) is 0. The Morgan fingerprint density at radius 1 is 1.39 bits per heavy atom. The summed E-state index contributed by atoms with van der Waals surface area (Å²) in [6, 6.07) is -0.107. The van der Waals surface area contributed by atoms with Crippen molar-refractivity contribution in [2.24, 2.45) is 0 Å². The summed E-state index contributed by atoms with van der Waals surface area (Å²) in [6.07, 6.45) is 8.17. The van der Waals surface area contributed by atoms with E-state index >= 15 is 0 Å². The van der Waals surface area contributed by atoms with E-state index in [4.69, 9.17) is 4.52 Å². The summed E-state index contributed by atoms with van der Waals surface area (Å²) < 4.78 is 7.17. The fourth-order valence-corrected chi connectivity index (χ4v) is 2.47. The van der Waals surface area contributed by atoms with Gasteiger partial charge in [0, 0.05) is 37.1 Å². The molecule has 0 radical (unpaired) electrons. The standard InChI is InChI=1S/C16H25N5O2/c1-12(10-15-13(2)20-23-14(15)3)19-16(22)18-6-4-5-8-21-9-7-17-11-21/h7,9,11-12H,4-6,8,10H2,1-3H3,(H2,18,19,22). The third-order valence-electron chi connectivity index (χ3n) is 3.76. The zero-order valence-corrected chi connectivity index (χ0v) is 14.0. The average molecular weight is 319 g/mol. The van der Waals surface area contributed by atoms with Gasteiger partial charge in [-0.15, -0.1) is 0 Å². The molecule has 0 aliphatic carbocycles. The van der Waals surface area contributed by atoms with Crippen molar-refractivity contribution in [2.75, 3.05) is 6.54 Å². The lowest BCUT2D eigenvalue weighted by Crippen LogP contribution is -2.42. The first kappa shape index (κ1) is 17.1. The maximum atomic E-state index is 11.9. The maximum Gasteiger partial charge on any atom is 0.315 e. The minimum absolute atomic E-state index is 0.0257. The maximum absolute atomic E-state index is 11.9. The predicted octanol–water partition coefficient (Wildman–Crippen LogP) is 2.20. The molecule has 0 saturated carbocycles. The number of hydrogen-bond acceptors (Lipinski definition) is 4. The van der Waals surface area contributed by atoms with Gasteiger partial charge in [0.1, 0.15) is 5.76 Å². The number of nitrogens with one attached hydrogen (secondary N) is 2. The molecule has 0 aliphatic heterocycles. The highest BCUT2D eigenvalue weighted by Crippen LogP contribution is 2.14. The van der Waals surface area contributed by atoms with Crippen LogP contribution < -0.4 is 10.6 Å². The number of nitrogens with zero attached hydrogens (tertiary/aromatic N) is 3. The van der Waals surface area contributed by atoms with Crippen LogP contribution in [0.15, 0.2) is 23.2 Å². The minimum atomic E-state index is -0.133. The lowest BCUT2D eigenvalue weighted by molar-refractivity contribution is 0.237. The smallest absolute Gasteiger partial charge is 0.315 e. The highest BCUT2D eigenvalue weighted by Gasteiger charge is 2.14. The van der Waals surface area contributed by atoms with Crippen molar-refractivity contribution in [1.82, 2.24) is 25.3 Å². The Bertz CT molecular complexity index is 587. The minimum Gasteiger partial charge on any atom is -0.361 e. The van der Waals surface area contributed by atoms with E-state index < -0.39 is 0 Å². The number of hydrogen-bond donors (Lipinski definition) is 2. The van der Waals surface area contributed by atoms with E-state index in [0.717, 1.165) is 42.8 Å². The molecule has 2 heterocycles. The third-order valence-corrected chi connectivity index (χ3v) is 3.76. The number of aromatic nitrogens is 3. The highest BCUT2D eigenvalue weighted by molar-refractivity contribution is 5.74. The van der Waals surface area contributed by atoms with Crippen LogP contribution in [-0.2, 0) is 13.0 Å². The molecule has 2 amide bonds. The van der Waals surface area contributed by atoms with Crippen molar-refractivity contribution in [3.8, 4) is 0 Å². The summed E-state index contributed by atoms with van der Waals surface area (Å²) in [5.74, 6) is 0.816. The van der Waals surface area contributed by atoms with Crippen molar-refractivity contribution in [3.05, 3.63) is 35.7 Å². The molecule has 1 atom stereocenters. The van der Waals surface area contributed by atoms with Gasteiger partial charge in [-0.2, -0.15) is 0 Å². The monoisotopic (exact) mass is 319 g/mol. The van der Waals surface area contributed by atoms with Gasteiger partial charge in [-0.25, -0.2) is 9.78 Å². The molecule has 2 N–H and O–H groups in total. The molecule has 0 fully saturated rings. The summed E-state index contributed by atoms with van der Waals surface area (Å²) in [5.41, 5.74) is 1.95. The zero-order chi connectivity index (χ0) is 16.7. The van der Waals surface area contributed by atoms with Crippen LogP contribution in [0, 0.1) is 13.8 Å². The normalized spacial score (nSPS) is 12.1. The van der Waals surface area contributed by atoms with Gasteiger partial charge in [-0.1, -0.05) is 5.16 Å². The summed E-state index contributed by atoms with van der Waals surface area (Å²) in [6.45, 7) is 7.37. The van der Waals surface area contributed by atoms with Crippen LogP contribution in [0.2, 0.25) is 0 Å². The molecule has 1 unspecified atom stereocenters. The molecule has 2 aromatic rings. The molecule has 7 nitrogen and oxygen atoms in total. The Balaban J connectivity index is 1.60. The van der Waals surface area contributed by atoms with Gasteiger partial charge in [0.25, 0.3) is 0 Å². The second-order valence-corrected chi connectivity index (χ2v) is 5.82. The molecular formula is C16H25N5O2. The molecule has 0 saturated heterocycles. The first-order valence-electron chi connectivity index (χ1n) is 7.98. The first-order valence-corrected chi connectivity index (χ1v) is 7.98. The Hall–Kier alpha value is -2.31. The second kappa shape index (κ2) is 8.36. The van der Waals surface area contributed by atoms with Gasteiger partial charge in [0.2, 0.25) is 0 Å². The Labute approximate surface area is 136 Å². The van der Waals surface area contributed by atoms with Crippen LogP contribution in [-0.4, -0.2) is 33.3 Å². The lowest BCUT2D eigenvalue weighted by atomic mass is 10.1. The molecule has 126 valence electrons. The van der Waals surface area contributed by atoms with Crippen molar-refractivity contribution >= 4 is 6.03 Å². The molecule has 0 spiro atoms. The second-order valence-electron chi connectivity index (χ2n) is 5.82. The van der Waals surface area contributed by atoms with Gasteiger partial charge in [0.05, 0.1) is 12.0 Å². The van der Waals surface area contributed by atoms with Gasteiger partial charge >= 0.3 is 6.03 Å². The van der Waals surface area contributed by atoms with Crippen LogP contribution in [0.25, 0.3) is 0 Å². The largest absolute Gasteiger partial charge is 0.361 e. The highest BCUT2D eigenvalue weighted by atomic mass is 16.5. The Morgan fingerprint density at radius 3 is 2.87 bits per heavy atom. The SMILES string of the molecule is Cc1noc(C)c1CC(C)NC(=O)NCCCCn1ccnc1. The van der Waals surface area contributed by atoms with Crippen LogP contribution in [0.4, 0.5) is 4.79 Å². The van der Waals surface area contributed by atoms with Crippen LogP contribution in [0.3, 0.4) is 0 Å². The Morgan fingerprint density at radius 2 is 2.22 bits per heavy atom. The van der Waals surface area contributed by atoms with Gasteiger partial charge < -0.3 is 19.7 Å². The number of rotatable bonds is 8. The molecule has 0 aliphatic rings. The average Bonchev–Trinajstić information content (AvgIpc) is 3.12. The summed E-state index contributed by atoms with van der Waals surface area (Å²) in [5, 5.41) is 9.76. The summed E-state index contributed by atoms with van der Waals surface area (Å²) >= 11 is 0. The fourth-order valence-electron chi connectivity index (χ4n) is 2.47. The van der Waals surface area contributed by atoms with Crippen LogP contribution in [0.1, 0.15) is 36.8 Å². The third kappa shape index (κ3) is 5.43. The number of urea groups is 1. The van der Waals surface area contributed by atoms with Crippen LogP contribution in [0.5, 0.6) is 0 Å². The van der Waals surface area contributed by atoms with Crippen molar-refractivity contribution < 1.29 is 9.32 Å². The number of amides is 2. The van der Waals surface area contributed by atoms with E-state index in [1.807, 2.05) is 31.5 Å². The van der Waals surface area contributed by atoms with E-state index in [1.54, 1.807) is 12.5 Å². The zero-order valence-electron chi connectivity index (χ0n) is 14.0. The van der Waals surface area contributed by atoms with E-state index in [-0.39, 0.29) is 12.1 Å². The van der Waals surface area contributed by atoms with E-state index in [2.05, 4.69) is 20.8 Å². The van der Waals surface area contributed by atoms with Gasteiger partial charge in [0.15, 0.2) is 0 Å². The number of imidazole rings is 1. The number of unbranched alkanes of at least 4 members (excludes halogenated alkanes) is 1. The van der Waals surface area contributed by atoms with E-state index in [0.29, 0.717) is 6.54 Å². The van der Waals surface area contributed by atoms with Crippen LogP contribution >= 0.6 is 0 Å². The predicted molar refractivity (Wildman–Crippen MR) is 87.1 cm³/mol. The molecule has 23 heavy (non-hydrogen) atoms. The molecule has 0 aromatic carbocycles. The number of carbonyl (C=O) groups is 1. The lowest BCUT2D eigenvalue weighted by Gasteiger charge is -2.14. The number of aryl methyl sites for hydroxylation is 3. The Kier molecular flexibility index (Phi) is 6.19. The van der Waals surface area contributed by atoms with Gasteiger partial charge in [-0.05, 0) is 40.0 Å². The molecule has 0 bridgehead atoms. The fraction of sp³-hybridized carbons (Fsp3) is 0.562. The van der Waals surface area contributed by atoms with E-state index in [9.17, 15) is 4.79 Å². The van der Waals surface area contributed by atoms with E-state index in [1.165, 1.54) is 0 Å². The summed E-state index contributed by atoms with van der Waals surface area (Å²) in [4.78, 5) is 15.9. The molecule has 2 rings (SSSR count). The van der Waals surface area contributed by atoms with Crippen molar-refractivity contribution in [1.29, 1.82) is 0 Å². The molecular weight excluding hydrogens is 294 g/mol. The number of carbonyl (C=O) groups excluding carboxylic acids is 1. The quantitative estimate of drug-likeness (QED) is 0.731. The first-order chi connectivity index (χ1) is 11.1. The molecule has 2 aromatic heterocycles. The van der Waals surface area contributed by atoms with Crippen molar-refractivity contribution in [3.63, 3.8) is 0 Å².